The molecule has 0 aromatic carbocycles. The smallest absolute Gasteiger partial charge is 0.255 e. The van der Waals surface area contributed by atoms with Crippen molar-refractivity contribution < 1.29 is 9.53 Å². The molecule has 1 fully saturated rings. The maximum atomic E-state index is 11.1. The Morgan fingerprint density at radius 1 is 1.50 bits per heavy atom. The van der Waals surface area contributed by atoms with Gasteiger partial charge in [-0.25, -0.2) is 0 Å². The molecule has 12 heavy (non-hydrogen) atoms. The van der Waals surface area contributed by atoms with Crippen LogP contribution in [-0.2, 0) is 9.53 Å². The molecule has 1 N–H and O–H groups in total. The molecule has 70 valence electrons. The first-order valence-electron chi connectivity index (χ1n) is 3.29. The summed E-state index contributed by atoms with van der Waals surface area (Å²) in [6, 6.07) is 0. The Balaban J connectivity index is 2.78. The molecule has 1 aliphatic heterocycles. The number of nitrogens with one attached hydrogen (secondary N) is 1. The molecule has 0 aromatic heterocycles. The van der Waals surface area contributed by atoms with Crippen molar-refractivity contribution in [2.75, 3.05) is 0 Å². The van der Waals surface area contributed by atoms with Crippen LogP contribution in [0.5, 0.6) is 0 Å². The van der Waals surface area contributed by atoms with Crippen LogP contribution < -0.4 is 5.32 Å². The van der Waals surface area contributed by atoms with Crippen molar-refractivity contribution >= 4 is 40.7 Å². The predicted molar refractivity (Wildman–Crippen MR) is 47.4 cm³/mol. The molecule has 0 aromatic rings. The predicted octanol–water partition coefficient (Wildman–Crippen LogP) is 1.61. The van der Waals surface area contributed by atoms with E-state index < -0.39 is 21.5 Å². The third-order valence-electron chi connectivity index (χ3n) is 1.37. The third-order valence-corrected chi connectivity index (χ3v) is 1.97. The van der Waals surface area contributed by atoms with Crippen molar-refractivity contribution in [3.8, 4) is 0 Å². The molecule has 1 amide bonds. The maximum absolute atomic E-state index is 11.1. The molecular weight excluding hydrogens is 224 g/mol. The minimum Gasteiger partial charge on any atom is -0.339 e. The summed E-state index contributed by atoms with van der Waals surface area (Å²) in [6.45, 7) is 3.36. The van der Waals surface area contributed by atoms with Gasteiger partial charge in [-0.05, 0) is 13.8 Å². The number of carbonyl (C=O) groups is 1. The summed E-state index contributed by atoms with van der Waals surface area (Å²) in [4.78, 5) is 11.1. The molecule has 3 nitrogen and oxygen atoms in total. The Hall–Kier alpha value is 0.300. The molecule has 1 saturated heterocycles. The van der Waals surface area contributed by atoms with E-state index in [1.54, 1.807) is 13.8 Å². The van der Waals surface area contributed by atoms with Gasteiger partial charge in [-0.15, -0.1) is 0 Å². The molecule has 0 spiro atoms. The second-order valence-electron chi connectivity index (χ2n) is 3.04. The number of ether oxygens (including phenoxy) is 1. The van der Waals surface area contributed by atoms with Crippen molar-refractivity contribution in [3.05, 3.63) is 0 Å². The maximum Gasteiger partial charge on any atom is 0.255 e. The minimum atomic E-state index is -1.71. The Morgan fingerprint density at radius 2 is 2.00 bits per heavy atom. The second-order valence-corrected chi connectivity index (χ2v) is 5.41. The van der Waals surface area contributed by atoms with Gasteiger partial charge in [0, 0.05) is 0 Å². The molecule has 1 aliphatic rings. The van der Waals surface area contributed by atoms with Gasteiger partial charge < -0.3 is 10.1 Å². The molecular formula is C6H8Cl3NO2. The highest BCUT2D eigenvalue weighted by molar-refractivity contribution is 6.68. The van der Waals surface area contributed by atoms with E-state index in [1.807, 2.05) is 0 Å². The Labute approximate surface area is 85.3 Å². The molecule has 0 bridgehead atoms. The molecule has 0 saturated carbocycles. The van der Waals surface area contributed by atoms with E-state index in [1.165, 1.54) is 0 Å². The lowest BCUT2D eigenvalue weighted by Crippen LogP contribution is -2.36. The summed E-state index contributed by atoms with van der Waals surface area (Å²) >= 11 is 16.5. The average Bonchev–Trinajstić information content (AvgIpc) is 2.03. The van der Waals surface area contributed by atoms with Crippen molar-refractivity contribution in [2.24, 2.45) is 0 Å². The summed E-state index contributed by atoms with van der Waals surface area (Å²) in [5.74, 6) is -0.403. The van der Waals surface area contributed by atoms with Crippen LogP contribution in [-0.4, -0.2) is 21.5 Å². The van der Waals surface area contributed by atoms with Crippen LogP contribution in [0.4, 0.5) is 0 Å². The number of hydrogen-bond acceptors (Lipinski definition) is 2. The van der Waals surface area contributed by atoms with Gasteiger partial charge in [0.05, 0.1) is 0 Å². The lowest BCUT2D eigenvalue weighted by atomic mass is 10.3. The van der Waals surface area contributed by atoms with E-state index in [0.29, 0.717) is 0 Å². The number of hydrogen-bond donors (Lipinski definition) is 1. The van der Waals surface area contributed by atoms with E-state index in [9.17, 15) is 4.79 Å². The summed E-state index contributed by atoms with van der Waals surface area (Å²) in [6.07, 6.45) is -1.03. The summed E-state index contributed by atoms with van der Waals surface area (Å²) in [7, 11) is 0. The number of halogens is 3. The SMILES string of the molecule is CC1(C)NC(=O)[C@H](C(Cl)(Cl)Cl)O1. The number of carbonyl (C=O) groups excluding carboxylic acids is 1. The van der Waals surface area contributed by atoms with E-state index in [0.717, 1.165) is 0 Å². The second kappa shape index (κ2) is 2.91. The normalized spacial score (nSPS) is 28.8. The van der Waals surface area contributed by atoms with Crippen LogP contribution in [0, 0.1) is 0 Å². The lowest BCUT2D eigenvalue weighted by Gasteiger charge is -2.20. The molecule has 0 aliphatic carbocycles. The topological polar surface area (TPSA) is 38.3 Å². The zero-order valence-electron chi connectivity index (χ0n) is 6.53. The highest BCUT2D eigenvalue weighted by Gasteiger charge is 2.49. The number of alkyl halides is 3. The van der Waals surface area contributed by atoms with Crippen molar-refractivity contribution in [3.63, 3.8) is 0 Å². The highest BCUT2D eigenvalue weighted by atomic mass is 35.6. The average molecular weight is 232 g/mol. The van der Waals surface area contributed by atoms with Crippen LogP contribution in [0.1, 0.15) is 13.8 Å². The van der Waals surface area contributed by atoms with Crippen LogP contribution >= 0.6 is 34.8 Å². The standard InChI is InChI=1S/C6H8Cl3NO2/c1-5(2)10-4(11)3(12-5)6(7,8)9/h3H,1-2H3,(H,10,11)/t3-/m1/s1. The molecule has 0 radical (unpaired) electrons. The van der Waals surface area contributed by atoms with Crippen molar-refractivity contribution in [1.82, 2.24) is 5.32 Å². The summed E-state index contributed by atoms with van der Waals surface area (Å²) in [5, 5.41) is 2.54. The van der Waals surface area contributed by atoms with Crippen molar-refractivity contribution in [1.29, 1.82) is 0 Å². The van der Waals surface area contributed by atoms with Gasteiger partial charge in [0.1, 0.15) is 5.72 Å². The monoisotopic (exact) mass is 231 g/mol. The van der Waals surface area contributed by atoms with E-state index in [-0.39, 0.29) is 0 Å². The fourth-order valence-electron chi connectivity index (χ4n) is 0.955. The Kier molecular flexibility index (Phi) is 2.52. The zero-order valence-corrected chi connectivity index (χ0v) is 8.80. The van der Waals surface area contributed by atoms with Crippen LogP contribution in [0.2, 0.25) is 0 Å². The summed E-state index contributed by atoms with van der Waals surface area (Å²) in [5.41, 5.74) is -0.758. The first-order chi connectivity index (χ1) is 5.22. The Bertz CT molecular complexity index is 211. The quantitative estimate of drug-likeness (QED) is 0.645. The van der Waals surface area contributed by atoms with E-state index >= 15 is 0 Å². The molecule has 1 heterocycles. The number of rotatable bonds is 0. The van der Waals surface area contributed by atoms with Crippen LogP contribution in [0.3, 0.4) is 0 Å². The zero-order chi connectivity index (χ0) is 9.57. The van der Waals surface area contributed by atoms with Crippen LogP contribution in [0.25, 0.3) is 0 Å². The fourth-order valence-corrected chi connectivity index (χ4v) is 1.39. The fraction of sp³-hybridized carbons (Fsp3) is 0.833. The molecule has 1 atom stereocenters. The van der Waals surface area contributed by atoms with E-state index in [2.05, 4.69) is 5.32 Å². The van der Waals surface area contributed by atoms with Crippen molar-refractivity contribution in [2.45, 2.75) is 29.5 Å². The van der Waals surface area contributed by atoms with Gasteiger partial charge in [0.25, 0.3) is 5.91 Å². The molecule has 6 heteroatoms. The minimum absolute atomic E-state index is 0.403. The van der Waals surface area contributed by atoms with Gasteiger partial charge in [0.15, 0.2) is 6.10 Å². The van der Waals surface area contributed by atoms with Gasteiger partial charge >= 0.3 is 0 Å². The molecule has 0 unspecified atom stereocenters. The van der Waals surface area contributed by atoms with Crippen LogP contribution in [0.15, 0.2) is 0 Å². The van der Waals surface area contributed by atoms with Gasteiger partial charge in [0.2, 0.25) is 3.79 Å². The Morgan fingerprint density at radius 3 is 2.17 bits per heavy atom. The lowest BCUT2D eigenvalue weighted by molar-refractivity contribution is -0.123. The first kappa shape index (κ1) is 10.4. The third kappa shape index (κ3) is 2.16. The molecule has 1 rings (SSSR count). The van der Waals surface area contributed by atoms with Gasteiger partial charge in [-0.1, -0.05) is 34.8 Å². The van der Waals surface area contributed by atoms with E-state index in [4.69, 9.17) is 39.5 Å². The van der Waals surface area contributed by atoms with Gasteiger partial charge in [-0.3, -0.25) is 4.79 Å². The number of amides is 1. The first-order valence-corrected chi connectivity index (χ1v) is 4.42. The highest BCUT2D eigenvalue weighted by Crippen LogP contribution is 2.36. The summed E-state index contributed by atoms with van der Waals surface area (Å²) < 4.78 is 3.46. The van der Waals surface area contributed by atoms with Gasteiger partial charge in [-0.2, -0.15) is 0 Å². The largest absolute Gasteiger partial charge is 0.339 e.